The number of alkyl halides is 3. The van der Waals surface area contributed by atoms with Crippen LogP contribution in [-0.2, 0) is 12.7 Å². The highest BCUT2D eigenvalue weighted by molar-refractivity contribution is 5.82. The van der Waals surface area contributed by atoms with Gasteiger partial charge < -0.3 is 14.6 Å². The molecule has 0 radical (unpaired) electrons. The monoisotopic (exact) mass is 548 g/mol. The summed E-state index contributed by atoms with van der Waals surface area (Å²) in [5.41, 5.74) is 3.78. The molecular weight excluding hydrogens is 521 g/mol. The van der Waals surface area contributed by atoms with E-state index in [1.54, 1.807) is 23.8 Å². The molecule has 1 saturated carbocycles. The fourth-order valence-electron chi connectivity index (χ4n) is 4.71. The van der Waals surface area contributed by atoms with Gasteiger partial charge in [0.2, 0.25) is 11.8 Å². The quantitative estimate of drug-likeness (QED) is 0.249. The van der Waals surface area contributed by atoms with Crippen molar-refractivity contribution < 1.29 is 17.9 Å². The summed E-state index contributed by atoms with van der Waals surface area (Å²) in [6.45, 7) is 4.05. The summed E-state index contributed by atoms with van der Waals surface area (Å²) in [7, 11) is 1.58. The van der Waals surface area contributed by atoms with Crippen molar-refractivity contribution >= 4 is 11.5 Å². The smallest absolute Gasteiger partial charge is 0.434 e. The molecule has 1 N–H and O–H groups in total. The Labute approximate surface area is 228 Å². The van der Waals surface area contributed by atoms with Crippen LogP contribution in [0.15, 0.2) is 55.1 Å². The van der Waals surface area contributed by atoms with E-state index in [9.17, 15) is 13.2 Å². The first-order valence-corrected chi connectivity index (χ1v) is 13.0. The molecule has 0 aliphatic heterocycles. The van der Waals surface area contributed by atoms with E-state index in [0.29, 0.717) is 35.5 Å². The largest absolute Gasteiger partial charge is 0.480 e. The molecule has 1 aromatic carbocycles. The minimum atomic E-state index is -4.51. The van der Waals surface area contributed by atoms with E-state index >= 15 is 0 Å². The summed E-state index contributed by atoms with van der Waals surface area (Å²) in [4.78, 5) is 17.6. The number of methoxy groups -OCH3 is 1. The number of hydrogen-bond acceptors (Lipinski definition) is 7. The zero-order valence-electron chi connectivity index (χ0n) is 22.1. The van der Waals surface area contributed by atoms with Gasteiger partial charge in [-0.15, -0.1) is 5.10 Å². The average molecular weight is 549 g/mol. The summed E-state index contributed by atoms with van der Waals surface area (Å²) >= 11 is 0. The maximum absolute atomic E-state index is 13.3. The Morgan fingerprint density at radius 1 is 1.07 bits per heavy atom. The van der Waals surface area contributed by atoms with Gasteiger partial charge in [-0.05, 0) is 44.4 Å². The van der Waals surface area contributed by atoms with Gasteiger partial charge in [-0.25, -0.2) is 24.5 Å². The minimum absolute atomic E-state index is 0.177. The van der Waals surface area contributed by atoms with Crippen LogP contribution in [-0.4, -0.2) is 41.2 Å². The maximum atomic E-state index is 13.3. The number of ether oxygens (including phenoxy) is 1. The number of fused-ring (bicyclic) bond motifs is 1. The topological polar surface area (TPSA) is 95.0 Å². The molecule has 0 bridgehead atoms. The SMILES string of the molecule is COc1ncnc(C2CC2)c1-c1nc(NCc2ccc(-c3nc(C(F)(F)F)cn3C(C)C)cc2)nn2cccc12. The molecule has 4 aromatic heterocycles. The Kier molecular flexibility index (Phi) is 6.40. The van der Waals surface area contributed by atoms with E-state index in [2.05, 4.69) is 25.4 Å². The molecule has 0 saturated heterocycles. The Balaban J connectivity index is 1.28. The maximum Gasteiger partial charge on any atom is 0.434 e. The second-order valence-electron chi connectivity index (χ2n) is 10.0. The number of aromatic nitrogens is 7. The molecule has 0 spiro atoms. The van der Waals surface area contributed by atoms with Gasteiger partial charge >= 0.3 is 6.18 Å². The van der Waals surface area contributed by atoms with Gasteiger partial charge in [0, 0.05) is 36.5 Å². The van der Waals surface area contributed by atoms with E-state index in [1.807, 2.05) is 44.3 Å². The number of halogens is 3. The standard InChI is InChI=1S/C28H27F3N8O/c1-16(2)38-14-21(28(29,30)31)35-25(38)19-8-6-17(7-9-19)13-32-27-36-24(20-5-4-12-39(20)37-27)22-23(18-10-11-18)33-15-34-26(22)40-3/h4-9,12,14-16,18H,10-11,13H2,1-3H3,(H,32,37). The number of anilines is 1. The summed E-state index contributed by atoms with van der Waals surface area (Å²) in [6.07, 6.45) is 2.04. The van der Waals surface area contributed by atoms with Crippen molar-refractivity contribution in [3.8, 4) is 28.5 Å². The molecule has 0 unspecified atom stereocenters. The highest BCUT2D eigenvalue weighted by atomic mass is 19.4. The molecule has 1 aliphatic rings. The predicted octanol–water partition coefficient (Wildman–Crippen LogP) is 6.15. The van der Waals surface area contributed by atoms with E-state index in [1.165, 1.54) is 10.9 Å². The summed E-state index contributed by atoms with van der Waals surface area (Å²) in [5.74, 6) is 1.50. The van der Waals surface area contributed by atoms with Gasteiger partial charge in [-0.3, -0.25) is 0 Å². The van der Waals surface area contributed by atoms with Gasteiger partial charge in [0.05, 0.1) is 23.9 Å². The average Bonchev–Trinajstić information content (AvgIpc) is 3.48. The lowest BCUT2D eigenvalue weighted by Gasteiger charge is -2.14. The molecule has 9 nitrogen and oxygen atoms in total. The molecule has 5 aromatic rings. The van der Waals surface area contributed by atoms with Gasteiger partial charge in [-0.2, -0.15) is 13.2 Å². The molecule has 0 amide bonds. The zero-order valence-corrected chi connectivity index (χ0v) is 22.1. The second-order valence-corrected chi connectivity index (χ2v) is 10.0. The van der Waals surface area contributed by atoms with Gasteiger partial charge in [0.1, 0.15) is 17.8 Å². The van der Waals surface area contributed by atoms with E-state index in [4.69, 9.17) is 9.72 Å². The number of nitrogens with one attached hydrogen (secondary N) is 1. The van der Waals surface area contributed by atoms with Crippen LogP contribution in [0.4, 0.5) is 19.1 Å². The lowest BCUT2D eigenvalue weighted by molar-refractivity contribution is -0.140. The van der Waals surface area contributed by atoms with Crippen molar-refractivity contribution in [3.05, 3.63) is 72.1 Å². The van der Waals surface area contributed by atoms with Gasteiger partial charge in [0.15, 0.2) is 5.69 Å². The lowest BCUT2D eigenvalue weighted by Crippen LogP contribution is -2.09. The number of nitrogens with zero attached hydrogens (tertiary/aromatic N) is 7. The molecule has 206 valence electrons. The Bertz CT molecular complexity index is 1670. The van der Waals surface area contributed by atoms with Crippen LogP contribution < -0.4 is 10.1 Å². The number of benzene rings is 1. The fraction of sp³-hybridized carbons (Fsp3) is 0.321. The molecular formula is C28H27F3N8O. The normalized spacial score (nSPS) is 13.8. The third-order valence-corrected chi connectivity index (χ3v) is 6.87. The number of imidazole rings is 1. The van der Waals surface area contributed by atoms with Gasteiger partial charge in [-0.1, -0.05) is 24.3 Å². The fourth-order valence-corrected chi connectivity index (χ4v) is 4.71. The second kappa shape index (κ2) is 9.92. The first-order chi connectivity index (χ1) is 19.2. The van der Waals surface area contributed by atoms with Gasteiger partial charge in [0.25, 0.3) is 0 Å². The highest BCUT2D eigenvalue weighted by Gasteiger charge is 2.35. The Hall–Kier alpha value is -4.48. The minimum Gasteiger partial charge on any atom is -0.480 e. The van der Waals surface area contributed by atoms with Crippen molar-refractivity contribution in [3.63, 3.8) is 0 Å². The Morgan fingerprint density at radius 2 is 1.85 bits per heavy atom. The Morgan fingerprint density at radius 3 is 2.52 bits per heavy atom. The summed E-state index contributed by atoms with van der Waals surface area (Å²) in [6, 6.07) is 10.9. The number of hydrogen-bond donors (Lipinski definition) is 1. The third kappa shape index (κ3) is 4.85. The van der Waals surface area contributed by atoms with Crippen molar-refractivity contribution in [2.24, 2.45) is 0 Å². The molecule has 0 atom stereocenters. The molecule has 4 heterocycles. The van der Waals surface area contributed by atoms with E-state index < -0.39 is 11.9 Å². The van der Waals surface area contributed by atoms with Crippen molar-refractivity contribution in [1.82, 2.24) is 34.1 Å². The van der Waals surface area contributed by atoms with Crippen molar-refractivity contribution in [1.29, 1.82) is 0 Å². The highest BCUT2D eigenvalue weighted by Crippen LogP contribution is 2.46. The molecule has 12 heteroatoms. The van der Waals surface area contributed by atoms with Crippen molar-refractivity contribution in [2.75, 3.05) is 12.4 Å². The first-order valence-electron chi connectivity index (χ1n) is 13.0. The van der Waals surface area contributed by atoms with Crippen LogP contribution >= 0.6 is 0 Å². The zero-order chi connectivity index (χ0) is 28.0. The van der Waals surface area contributed by atoms with Crippen LogP contribution in [0.1, 0.15) is 55.6 Å². The van der Waals surface area contributed by atoms with Crippen LogP contribution in [0.5, 0.6) is 5.88 Å². The van der Waals surface area contributed by atoms with Crippen molar-refractivity contribution in [2.45, 2.75) is 51.4 Å². The molecule has 1 fully saturated rings. The molecule has 1 aliphatic carbocycles. The van der Waals surface area contributed by atoms with E-state index in [0.717, 1.165) is 41.4 Å². The predicted molar refractivity (Wildman–Crippen MR) is 143 cm³/mol. The summed E-state index contributed by atoms with van der Waals surface area (Å²) in [5, 5.41) is 7.87. The lowest BCUT2D eigenvalue weighted by atomic mass is 10.1. The van der Waals surface area contributed by atoms with Crippen LogP contribution in [0.3, 0.4) is 0 Å². The molecule has 40 heavy (non-hydrogen) atoms. The van der Waals surface area contributed by atoms with Crippen LogP contribution in [0.25, 0.3) is 28.2 Å². The summed E-state index contributed by atoms with van der Waals surface area (Å²) < 4.78 is 48.8. The molecule has 6 rings (SSSR count). The van der Waals surface area contributed by atoms with E-state index in [-0.39, 0.29) is 11.9 Å². The third-order valence-electron chi connectivity index (χ3n) is 6.87. The van der Waals surface area contributed by atoms with Crippen LogP contribution in [0, 0.1) is 0 Å². The first kappa shape index (κ1) is 25.8. The van der Waals surface area contributed by atoms with Crippen LogP contribution in [0.2, 0.25) is 0 Å². The number of rotatable bonds is 8.